The lowest BCUT2D eigenvalue weighted by Crippen LogP contribution is -2.24. The molecule has 2 amide bonds. The number of nitrogens with zero attached hydrogens (tertiary/aromatic N) is 1. The molecule has 0 unspecified atom stereocenters. The van der Waals surface area contributed by atoms with Crippen molar-refractivity contribution >= 4 is 38.4 Å². The monoisotopic (exact) mass is 420 g/mol. The first-order valence-corrected chi connectivity index (χ1v) is 11.4. The second-order valence-corrected chi connectivity index (χ2v) is 9.72. The lowest BCUT2D eigenvalue weighted by atomic mass is 10.1. The Balaban J connectivity index is 1.81. The quantitative estimate of drug-likeness (QED) is 0.662. The lowest BCUT2D eigenvalue weighted by molar-refractivity contribution is -0.113. The molecular formula is C20H24N2O4S2. The first-order valence-electron chi connectivity index (χ1n) is 8.78. The Morgan fingerprint density at radius 3 is 2.25 bits per heavy atom. The van der Waals surface area contributed by atoms with Crippen LogP contribution in [0.4, 0.5) is 10.5 Å². The van der Waals surface area contributed by atoms with Gasteiger partial charge < -0.3 is 10.2 Å². The van der Waals surface area contributed by atoms with Gasteiger partial charge >= 0.3 is 0 Å². The highest BCUT2D eigenvalue weighted by Gasteiger charge is 2.17. The van der Waals surface area contributed by atoms with Crippen LogP contribution in [-0.4, -0.2) is 50.1 Å². The number of rotatable bonds is 8. The number of hydrogen-bond acceptors (Lipinski definition) is 5. The molecule has 0 fully saturated rings. The summed E-state index contributed by atoms with van der Waals surface area (Å²) in [5, 5.41) is 2.49. The summed E-state index contributed by atoms with van der Waals surface area (Å²) in [5.74, 6) is -1.14. The van der Waals surface area contributed by atoms with E-state index in [-0.39, 0.29) is 11.0 Å². The molecule has 0 spiro atoms. The Kier molecular flexibility index (Phi) is 8.07. The van der Waals surface area contributed by atoms with Crippen LogP contribution in [0.25, 0.3) is 0 Å². The second kappa shape index (κ2) is 10.3. The Morgan fingerprint density at radius 1 is 1.00 bits per heavy atom. The van der Waals surface area contributed by atoms with Crippen molar-refractivity contribution in [2.75, 3.05) is 30.9 Å². The first-order chi connectivity index (χ1) is 13.2. The van der Waals surface area contributed by atoms with Crippen LogP contribution in [-0.2, 0) is 21.1 Å². The van der Waals surface area contributed by atoms with Crippen molar-refractivity contribution in [2.45, 2.75) is 17.7 Å². The fourth-order valence-electron chi connectivity index (χ4n) is 2.41. The SMILES string of the molecule is CN(C)C(=O)Sc1ccc(NC(=O)CS(=O)(=O)CCCc2ccccc2)cc1. The number of hydrogen-bond donors (Lipinski definition) is 1. The maximum absolute atomic E-state index is 12.2. The van der Waals surface area contributed by atoms with Crippen LogP contribution in [0.15, 0.2) is 59.5 Å². The van der Waals surface area contributed by atoms with Crippen molar-refractivity contribution in [1.29, 1.82) is 0 Å². The molecule has 0 aromatic heterocycles. The number of benzene rings is 2. The van der Waals surface area contributed by atoms with Gasteiger partial charge in [-0.05, 0) is 54.4 Å². The van der Waals surface area contributed by atoms with E-state index in [4.69, 9.17) is 0 Å². The summed E-state index contributed by atoms with van der Waals surface area (Å²) in [5.41, 5.74) is 1.57. The van der Waals surface area contributed by atoms with E-state index >= 15 is 0 Å². The molecule has 0 heterocycles. The third-order valence-corrected chi connectivity index (χ3v) is 6.48. The van der Waals surface area contributed by atoms with Crippen molar-refractivity contribution < 1.29 is 18.0 Å². The summed E-state index contributed by atoms with van der Waals surface area (Å²) in [6.45, 7) is 0. The van der Waals surface area contributed by atoms with E-state index in [1.54, 1.807) is 38.4 Å². The maximum Gasteiger partial charge on any atom is 0.285 e. The third kappa shape index (κ3) is 7.74. The van der Waals surface area contributed by atoms with Gasteiger partial charge in [-0.1, -0.05) is 30.3 Å². The fourth-order valence-corrected chi connectivity index (χ4v) is 4.26. The molecular weight excluding hydrogens is 396 g/mol. The van der Waals surface area contributed by atoms with Crippen molar-refractivity contribution in [3.8, 4) is 0 Å². The molecule has 0 bridgehead atoms. The average Bonchev–Trinajstić information content (AvgIpc) is 2.63. The van der Waals surface area contributed by atoms with E-state index < -0.39 is 21.5 Å². The Morgan fingerprint density at radius 2 is 1.64 bits per heavy atom. The summed E-state index contributed by atoms with van der Waals surface area (Å²) in [6.07, 6.45) is 1.14. The van der Waals surface area contributed by atoms with Crippen molar-refractivity contribution in [3.05, 3.63) is 60.2 Å². The number of thioether (sulfide) groups is 1. The van der Waals surface area contributed by atoms with Gasteiger partial charge in [0.15, 0.2) is 9.84 Å². The summed E-state index contributed by atoms with van der Waals surface area (Å²) < 4.78 is 24.3. The summed E-state index contributed by atoms with van der Waals surface area (Å²) in [4.78, 5) is 25.9. The fraction of sp³-hybridized carbons (Fsp3) is 0.300. The number of sulfone groups is 1. The molecule has 28 heavy (non-hydrogen) atoms. The standard InChI is InChI=1S/C20H24N2O4S2/c1-22(2)20(24)27-18-12-10-17(11-13-18)21-19(23)15-28(25,26)14-6-9-16-7-4-3-5-8-16/h3-5,7-8,10-13H,6,9,14-15H2,1-2H3,(H,21,23). The molecule has 2 aromatic carbocycles. The molecule has 6 nitrogen and oxygen atoms in total. The van der Waals surface area contributed by atoms with E-state index in [1.807, 2.05) is 30.3 Å². The highest BCUT2D eigenvalue weighted by molar-refractivity contribution is 8.13. The van der Waals surface area contributed by atoms with Crippen molar-refractivity contribution in [1.82, 2.24) is 4.90 Å². The molecule has 0 radical (unpaired) electrons. The molecule has 8 heteroatoms. The second-order valence-electron chi connectivity index (χ2n) is 6.52. The molecule has 0 aliphatic carbocycles. The Labute approximate surface area is 170 Å². The molecule has 150 valence electrons. The van der Waals surface area contributed by atoms with Gasteiger partial charge in [0.05, 0.1) is 5.75 Å². The number of carbonyl (C=O) groups is 2. The molecule has 0 atom stereocenters. The predicted octanol–water partition coefficient (Wildman–Crippen LogP) is 3.45. The van der Waals surface area contributed by atoms with Gasteiger partial charge in [0.25, 0.3) is 5.24 Å². The van der Waals surface area contributed by atoms with Crippen LogP contribution in [0.3, 0.4) is 0 Å². The zero-order valence-electron chi connectivity index (χ0n) is 15.9. The van der Waals surface area contributed by atoms with Crippen LogP contribution in [0.2, 0.25) is 0 Å². The minimum Gasteiger partial charge on any atom is -0.339 e. The van der Waals surface area contributed by atoms with Gasteiger partial charge in [-0.3, -0.25) is 9.59 Å². The van der Waals surface area contributed by atoms with E-state index in [1.165, 1.54) is 4.90 Å². The van der Waals surface area contributed by atoms with Crippen LogP contribution < -0.4 is 5.32 Å². The zero-order chi connectivity index (χ0) is 20.6. The zero-order valence-corrected chi connectivity index (χ0v) is 17.6. The number of carbonyl (C=O) groups excluding carboxylic acids is 2. The molecule has 0 aliphatic heterocycles. The number of anilines is 1. The molecule has 0 saturated carbocycles. The number of nitrogens with one attached hydrogen (secondary N) is 1. The van der Waals surface area contributed by atoms with Gasteiger partial charge in [0.1, 0.15) is 5.75 Å². The smallest absolute Gasteiger partial charge is 0.285 e. The van der Waals surface area contributed by atoms with E-state index in [0.717, 1.165) is 22.2 Å². The predicted molar refractivity (Wildman–Crippen MR) is 113 cm³/mol. The maximum atomic E-state index is 12.2. The minimum absolute atomic E-state index is 0.0302. The summed E-state index contributed by atoms with van der Waals surface area (Å²) in [7, 11) is -0.129. The van der Waals surface area contributed by atoms with Gasteiger partial charge in [-0.2, -0.15) is 0 Å². The average molecular weight is 421 g/mol. The highest BCUT2D eigenvalue weighted by Crippen LogP contribution is 2.22. The van der Waals surface area contributed by atoms with Gasteiger partial charge in [-0.25, -0.2) is 8.42 Å². The normalized spacial score (nSPS) is 11.1. The van der Waals surface area contributed by atoms with E-state index in [2.05, 4.69) is 5.32 Å². The van der Waals surface area contributed by atoms with Crippen molar-refractivity contribution in [2.24, 2.45) is 0 Å². The number of aryl methyl sites for hydroxylation is 1. The van der Waals surface area contributed by atoms with Crippen LogP contribution in [0.5, 0.6) is 0 Å². The lowest BCUT2D eigenvalue weighted by Gasteiger charge is -2.10. The van der Waals surface area contributed by atoms with Crippen LogP contribution >= 0.6 is 11.8 Å². The minimum atomic E-state index is -3.47. The summed E-state index contributed by atoms with van der Waals surface area (Å²) >= 11 is 1.07. The summed E-state index contributed by atoms with van der Waals surface area (Å²) in [6, 6.07) is 16.3. The Bertz CT molecular complexity index is 896. The van der Waals surface area contributed by atoms with Gasteiger partial charge in [0.2, 0.25) is 5.91 Å². The Hall–Kier alpha value is -2.32. The van der Waals surface area contributed by atoms with E-state index in [9.17, 15) is 18.0 Å². The topological polar surface area (TPSA) is 83.6 Å². The van der Waals surface area contributed by atoms with Gasteiger partial charge in [-0.15, -0.1) is 0 Å². The highest BCUT2D eigenvalue weighted by atomic mass is 32.2. The molecule has 2 aromatic rings. The number of amides is 2. The van der Waals surface area contributed by atoms with Gasteiger partial charge in [0, 0.05) is 24.7 Å². The van der Waals surface area contributed by atoms with Crippen LogP contribution in [0.1, 0.15) is 12.0 Å². The van der Waals surface area contributed by atoms with Crippen LogP contribution in [0, 0.1) is 0 Å². The molecule has 1 N–H and O–H groups in total. The molecule has 2 rings (SSSR count). The van der Waals surface area contributed by atoms with Crippen molar-refractivity contribution in [3.63, 3.8) is 0 Å². The largest absolute Gasteiger partial charge is 0.339 e. The molecule has 0 aliphatic rings. The third-order valence-electron chi connectivity index (χ3n) is 3.82. The molecule has 0 saturated heterocycles. The van der Waals surface area contributed by atoms with E-state index in [0.29, 0.717) is 18.5 Å². The first kappa shape index (κ1) is 22.0.